The Kier molecular flexibility index (Phi) is 5.96. The monoisotopic (exact) mass is 513 g/mol. The molecular weight excluding hydrogens is 474 g/mol. The van der Waals surface area contributed by atoms with Gasteiger partial charge in [-0.25, -0.2) is 0 Å². The molecule has 200 valence electrons. The molecule has 1 spiro atoms. The number of likely N-dealkylation sites (tertiary alicyclic amines) is 1. The van der Waals surface area contributed by atoms with Crippen LogP contribution < -0.4 is 4.74 Å². The van der Waals surface area contributed by atoms with Crippen molar-refractivity contribution in [2.75, 3.05) is 34.2 Å². The quantitative estimate of drug-likeness (QED) is 0.465. The number of ether oxygens (including phenoxy) is 1. The summed E-state index contributed by atoms with van der Waals surface area (Å²) in [6.45, 7) is 7.90. The molecule has 0 radical (unpaired) electrons. The van der Waals surface area contributed by atoms with E-state index in [4.69, 9.17) is 4.74 Å². The summed E-state index contributed by atoms with van der Waals surface area (Å²) in [7, 11) is 6.32. The van der Waals surface area contributed by atoms with Crippen LogP contribution in [0.2, 0.25) is 0 Å². The average molecular weight is 514 g/mol. The van der Waals surface area contributed by atoms with E-state index >= 15 is 0 Å². The number of carbonyl (C=O) groups is 1. The van der Waals surface area contributed by atoms with Crippen molar-refractivity contribution in [3.8, 4) is 11.5 Å². The number of aromatic hydroxyl groups is 1. The van der Waals surface area contributed by atoms with Crippen LogP contribution in [0.3, 0.4) is 0 Å². The molecule has 2 bridgehead atoms. The van der Waals surface area contributed by atoms with Crippen LogP contribution in [0.25, 0.3) is 6.08 Å². The third kappa shape index (κ3) is 3.29. The Morgan fingerprint density at radius 2 is 2.05 bits per heavy atom. The van der Waals surface area contributed by atoms with Gasteiger partial charge < -0.3 is 19.6 Å². The van der Waals surface area contributed by atoms with Gasteiger partial charge in [0.25, 0.3) is 0 Å². The number of hydrogen-bond acceptors (Lipinski definition) is 5. The molecule has 38 heavy (non-hydrogen) atoms. The lowest BCUT2D eigenvalue weighted by Crippen LogP contribution is -2.82. The third-order valence-corrected chi connectivity index (χ3v) is 10.0. The Bertz CT molecular complexity index is 1320. The molecule has 1 saturated carbocycles. The summed E-state index contributed by atoms with van der Waals surface area (Å²) in [5.74, 6) is 0.822. The number of carbonyl (C=O) groups excluding carboxylic acids is 1. The number of aryl methyl sites for hydroxylation is 1. The van der Waals surface area contributed by atoms with Gasteiger partial charge in [-0.1, -0.05) is 42.0 Å². The number of piperidine rings is 1. The molecule has 6 nitrogen and oxygen atoms in total. The van der Waals surface area contributed by atoms with Gasteiger partial charge in [0.1, 0.15) is 6.10 Å². The van der Waals surface area contributed by atoms with Crippen LogP contribution in [0.15, 0.2) is 55.1 Å². The van der Waals surface area contributed by atoms with Gasteiger partial charge >= 0.3 is 0 Å². The summed E-state index contributed by atoms with van der Waals surface area (Å²) < 4.78 is 6.81. The van der Waals surface area contributed by atoms with Crippen molar-refractivity contribution in [2.24, 2.45) is 0 Å². The lowest BCUT2D eigenvalue weighted by molar-refractivity contribution is -0.158. The maximum absolute atomic E-state index is 13.5. The summed E-state index contributed by atoms with van der Waals surface area (Å²) in [5.41, 5.74) is 4.17. The van der Waals surface area contributed by atoms with E-state index in [1.54, 1.807) is 12.1 Å². The molecule has 2 aliphatic carbocycles. The topological polar surface area (TPSA) is 56.3 Å². The van der Waals surface area contributed by atoms with Crippen molar-refractivity contribution in [1.29, 1.82) is 0 Å². The predicted molar refractivity (Wildman–Crippen MR) is 151 cm³/mol. The van der Waals surface area contributed by atoms with Crippen LogP contribution in [0, 0.1) is 6.92 Å². The zero-order valence-corrected chi connectivity index (χ0v) is 23.0. The molecule has 6 heteroatoms. The van der Waals surface area contributed by atoms with E-state index in [0.717, 1.165) is 44.3 Å². The summed E-state index contributed by atoms with van der Waals surface area (Å²) in [5, 5.41) is 11.0. The summed E-state index contributed by atoms with van der Waals surface area (Å²) in [4.78, 5) is 20.4. The molecule has 5 atom stereocenters. The highest BCUT2D eigenvalue weighted by Crippen LogP contribution is 2.67. The van der Waals surface area contributed by atoms with Gasteiger partial charge in [-0.3, -0.25) is 9.69 Å². The molecule has 2 fully saturated rings. The molecule has 1 saturated heterocycles. The first-order valence-corrected chi connectivity index (χ1v) is 13.8. The van der Waals surface area contributed by atoms with Crippen LogP contribution >= 0.6 is 0 Å². The fraction of sp³-hybridized carbons (Fsp3) is 0.469. The first-order valence-electron chi connectivity index (χ1n) is 13.8. The van der Waals surface area contributed by atoms with Crippen LogP contribution in [-0.4, -0.2) is 83.7 Å². The number of phenolic OH excluding ortho intramolecular Hbond substituents is 1. The summed E-state index contributed by atoms with van der Waals surface area (Å²) in [6, 6.07) is 12.2. The van der Waals surface area contributed by atoms with Crippen LogP contribution in [0.4, 0.5) is 0 Å². The molecule has 2 heterocycles. The summed E-state index contributed by atoms with van der Waals surface area (Å²) in [6.07, 6.45) is 9.00. The van der Waals surface area contributed by atoms with E-state index in [-0.39, 0.29) is 34.8 Å². The minimum Gasteiger partial charge on any atom is -0.504 e. The normalized spacial score (nSPS) is 31.2. The summed E-state index contributed by atoms with van der Waals surface area (Å²) >= 11 is 0. The lowest BCUT2D eigenvalue weighted by atomic mass is 9.46. The number of amides is 1. The smallest absolute Gasteiger partial charge is 0.246 e. The van der Waals surface area contributed by atoms with E-state index in [1.807, 2.05) is 36.2 Å². The Balaban J connectivity index is 1.42. The fourth-order valence-electron chi connectivity index (χ4n) is 8.53. The molecule has 2 aromatic rings. The van der Waals surface area contributed by atoms with Crippen molar-refractivity contribution < 1.29 is 14.6 Å². The standard InChI is InChI=1S/C32H39N3O3/c1-6-17-35-18-16-31-28-23-11-12-25(36)29(28)38-30(31)24(14-15-32(31,33(3)4)26(35)20-23)34(5)27(37)13-10-22-9-7-8-21(2)19-22/h6-13,19,24,26,30,36H,1,14-18,20H2,2-5H3/t24-,26+,30-,31-,32+/m0/s1. The Morgan fingerprint density at radius 1 is 1.24 bits per heavy atom. The van der Waals surface area contributed by atoms with Gasteiger partial charge in [-0.15, -0.1) is 6.58 Å². The second kappa shape index (κ2) is 8.99. The van der Waals surface area contributed by atoms with E-state index in [1.165, 1.54) is 16.7 Å². The Hall–Kier alpha value is -3.09. The second-order valence-corrected chi connectivity index (χ2v) is 11.8. The SMILES string of the molecule is C=CCN1CC[C@]23c4c5ccc(O)c4O[C@H]2[C@@H](N(C)C(=O)C=Cc2cccc(C)c2)CC[C@@]3(N(C)C)[C@H]1C5. The van der Waals surface area contributed by atoms with Gasteiger partial charge in [0.05, 0.1) is 11.5 Å². The number of nitrogens with zero attached hydrogens (tertiary/aromatic N) is 3. The van der Waals surface area contributed by atoms with E-state index in [2.05, 4.69) is 55.6 Å². The van der Waals surface area contributed by atoms with Crippen LogP contribution in [-0.2, 0) is 16.6 Å². The van der Waals surface area contributed by atoms with Gasteiger partial charge in [0.2, 0.25) is 5.91 Å². The average Bonchev–Trinajstić information content (AvgIpc) is 3.25. The van der Waals surface area contributed by atoms with Crippen molar-refractivity contribution in [2.45, 2.75) is 61.7 Å². The highest BCUT2D eigenvalue weighted by Gasteiger charge is 2.74. The molecule has 0 aromatic heterocycles. The lowest BCUT2D eigenvalue weighted by Gasteiger charge is -2.69. The number of benzene rings is 2. The zero-order chi connectivity index (χ0) is 26.8. The minimum atomic E-state index is -0.307. The number of rotatable bonds is 6. The largest absolute Gasteiger partial charge is 0.504 e. The van der Waals surface area contributed by atoms with Crippen LogP contribution in [0.5, 0.6) is 11.5 Å². The first-order chi connectivity index (χ1) is 18.2. The van der Waals surface area contributed by atoms with Crippen molar-refractivity contribution in [3.05, 3.63) is 77.4 Å². The highest BCUT2D eigenvalue weighted by atomic mass is 16.5. The van der Waals surface area contributed by atoms with Gasteiger partial charge in [0.15, 0.2) is 11.5 Å². The second-order valence-electron chi connectivity index (χ2n) is 11.8. The maximum Gasteiger partial charge on any atom is 0.246 e. The molecule has 0 unspecified atom stereocenters. The van der Waals surface area contributed by atoms with Gasteiger partial charge in [-0.05, 0) is 76.5 Å². The van der Waals surface area contributed by atoms with E-state index in [9.17, 15) is 9.90 Å². The Labute approximate surface area is 226 Å². The molecule has 4 aliphatic rings. The van der Waals surface area contributed by atoms with Crippen molar-refractivity contribution in [1.82, 2.24) is 14.7 Å². The van der Waals surface area contributed by atoms with Gasteiger partial charge in [0, 0.05) is 36.8 Å². The van der Waals surface area contributed by atoms with Crippen molar-refractivity contribution in [3.63, 3.8) is 0 Å². The van der Waals surface area contributed by atoms with E-state index < -0.39 is 0 Å². The highest BCUT2D eigenvalue weighted by molar-refractivity contribution is 5.92. The fourth-order valence-corrected chi connectivity index (χ4v) is 8.53. The van der Waals surface area contributed by atoms with Crippen molar-refractivity contribution >= 4 is 12.0 Å². The molecular formula is C32H39N3O3. The van der Waals surface area contributed by atoms with E-state index in [0.29, 0.717) is 11.8 Å². The van der Waals surface area contributed by atoms with Crippen LogP contribution in [0.1, 0.15) is 41.5 Å². The Morgan fingerprint density at radius 3 is 2.79 bits per heavy atom. The first kappa shape index (κ1) is 25.2. The molecule has 6 rings (SSSR count). The molecule has 1 N–H and O–H groups in total. The molecule has 2 aromatic carbocycles. The minimum absolute atomic E-state index is 0.0225. The third-order valence-electron chi connectivity index (χ3n) is 10.0. The zero-order valence-electron chi connectivity index (χ0n) is 23.0. The number of phenols is 1. The number of likely N-dealkylation sites (N-methyl/N-ethyl adjacent to an activating group) is 2. The molecule has 2 aliphatic heterocycles. The van der Waals surface area contributed by atoms with Gasteiger partial charge in [-0.2, -0.15) is 0 Å². The number of hydrogen-bond donors (Lipinski definition) is 1. The molecule has 1 amide bonds. The predicted octanol–water partition coefficient (Wildman–Crippen LogP) is 4.15. The maximum atomic E-state index is 13.5.